The van der Waals surface area contributed by atoms with E-state index < -0.39 is 0 Å². The van der Waals surface area contributed by atoms with Crippen molar-refractivity contribution < 1.29 is 23.7 Å². The molecule has 5 nitrogen and oxygen atoms in total. The van der Waals surface area contributed by atoms with E-state index in [4.69, 9.17) is 18.9 Å². The standard InChI is InChI=1S/C12H15BrO5/c1-9(14)16-6-7-17-11-5-3-4-10(13)12(11)18-8-15-2/h3-5H,6-8H2,1-2H3. The lowest BCUT2D eigenvalue weighted by Crippen LogP contribution is -2.10. The van der Waals surface area contributed by atoms with Crippen LogP contribution >= 0.6 is 15.9 Å². The van der Waals surface area contributed by atoms with Crippen molar-refractivity contribution in [2.24, 2.45) is 0 Å². The Balaban J connectivity index is 2.57. The molecule has 0 aliphatic heterocycles. The summed E-state index contributed by atoms with van der Waals surface area (Å²) in [6.07, 6.45) is 0. The van der Waals surface area contributed by atoms with Gasteiger partial charge < -0.3 is 18.9 Å². The van der Waals surface area contributed by atoms with Gasteiger partial charge in [0.1, 0.15) is 13.2 Å². The summed E-state index contributed by atoms with van der Waals surface area (Å²) in [5, 5.41) is 0. The second-order valence-corrected chi connectivity index (χ2v) is 4.16. The van der Waals surface area contributed by atoms with Gasteiger partial charge in [0.2, 0.25) is 0 Å². The van der Waals surface area contributed by atoms with Gasteiger partial charge in [-0.05, 0) is 28.1 Å². The summed E-state index contributed by atoms with van der Waals surface area (Å²) in [7, 11) is 1.54. The number of hydrogen-bond donors (Lipinski definition) is 0. The second kappa shape index (κ2) is 7.94. The molecule has 0 fully saturated rings. The van der Waals surface area contributed by atoms with E-state index >= 15 is 0 Å². The summed E-state index contributed by atoms with van der Waals surface area (Å²) in [6.45, 7) is 1.94. The molecule has 0 atom stereocenters. The van der Waals surface area contributed by atoms with E-state index in [1.807, 2.05) is 12.1 Å². The molecule has 0 unspecified atom stereocenters. The molecule has 18 heavy (non-hydrogen) atoms. The number of halogens is 1. The van der Waals surface area contributed by atoms with Crippen LogP contribution in [0.5, 0.6) is 11.5 Å². The number of carbonyl (C=O) groups is 1. The van der Waals surface area contributed by atoms with Crippen LogP contribution in [0.4, 0.5) is 0 Å². The Morgan fingerprint density at radius 2 is 2.06 bits per heavy atom. The quantitative estimate of drug-likeness (QED) is 0.439. The van der Waals surface area contributed by atoms with Crippen molar-refractivity contribution in [3.63, 3.8) is 0 Å². The van der Waals surface area contributed by atoms with Gasteiger partial charge in [-0.3, -0.25) is 4.79 Å². The largest absolute Gasteiger partial charge is 0.486 e. The van der Waals surface area contributed by atoms with Crippen molar-refractivity contribution in [1.82, 2.24) is 0 Å². The molecule has 0 spiro atoms. The Morgan fingerprint density at radius 3 is 2.72 bits per heavy atom. The highest BCUT2D eigenvalue weighted by atomic mass is 79.9. The molecule has 1 rings (SSSR count). The van der Waals surface area contributed by atoms with E-state index in [9.17, 15) is 4.79 Å². The van der Waals surface area contributed by atoms with E-state index in [0.29, 0.717) is 11.5 Å². The van der Waals surface area contributed by atoms with Gasteiger partial charge in [-0.15, -0.1) is 0 Å². The van der Waals surface area contributed by atoms with Crippen LogP contribution < -0.4 is 9.47 Å². The Morgan fingerprint density at radius 1 is 1.28 bits per heavy atom. The van der Waals surface area contributed by atoms with Crippen LogP contribution in [-0.4, -0.2) is 33.1 Å². The fraction of sp³-hybridized carbons (Fsp3) is 0.417. The van der Waals surface area contributed by atoms with Gasteiger partial charge in [0, 0.05) is 14.0 Å². The molecule has 0 radical (unpaired) electrons. The van der Waals surface area contributed by atoms with Crippen LogP contribution in [0.25, 0.3) is 0 Å². The van der Waals surface area contributed by atoms with E-state index in [2.05, 4.69) is 15.9 Å². The highest BCUT2D eigenvalue weighted by Gasteiger charge is 2.09. The molecule has 0 aromatic heterocycles. The third kappa shape index (κ3) is 4.93. The second-order valence-electron chi connectivity index (χ2n) is 3.31. The minimum atomic E-state index is -0.330. The minimum Gasteiger partial charge on any atom is -0.486 e. The highest BCUT2D eigenvalue weighted by molar-refractivity contribution is 9.10. The molecule has 0 aliphatic rings. The number of hydrogen-bond acceptors (Lipinski definition) is 5. The van der Waals surface area contributed by atoms with Crippen molar-refractivity contribution in [3.05, 3.63) is 22.7 Å². The SMILES string of the molecule is COCOc1c(Br)cccc1OCCOC(C)=O. The van der Waals surface area contributed by atoms with Crippen LogP contribution in [-0.2, 0) is 14.3 Å². The molecule has 0 saturated heterocycles. The van der Waals surface area contributed by atoms with Gasteiger partial charge in [0.05, 0.1) is 4.47 Å². The number of para-hydroxylation sites is 1. The Kier molecular flexibility index (Phi) is 6.53. The first kappa shape index (κ1) is 14.8. The summed E-state index contributed by atoms with van der Waals surface area (Å²) >= 11 is 3.36. The fourth-order valence-corrected chi connectivity index (χ4v) is 1.66. The number of carbonyl (C=O) groups excluding carboxylic acids is 1. The van der Waals surface area contributed by atoms with E-state index in [1.165, 1.54) is 14.0 Å². The average molecular weight is 319 g/mol. The number of methoxy groups -OCH3 is 1. The van der Waals surface area contributed by atoms with Crippen molar-refractivity contribution in [3.8, 4) is 11.5 Å². The third-order valence-corrected chi connectivity index (χ3v) is 2.52. The van der Waals surface area contributed by atoms with E-state index in [0.717, 1.165) is 4.47 Å². The van der Waals surface area contributed by atoms with Gasteiger partial charge in [-0.2, -0.15) is 0 Å². The lowest BCUT2D eigenvalue weighted by atomic mass is 10.3. The lowest BCUT2D eigenvalue weighted by molar-refractivity contribution is -0.141. The zero-order valence-corrected chi connectivity index (χ0v) is 11.9. The summed E-state index contributed by atoms with van der Waals surface area (Å²) in [5.74, 6) is 0.791. The average Bonchev–Trinajstić information content (AvgIpc) is 2.33. The Bertz CT molecular complexity index is 394. The first-order valence-corrected chi connectivity index (χ1v) is 6.11. The van der Waals surface area contributed by atoms with Gasteiger partial charge in [0.15, 0.2) is 18.3 Å². The van der Waals surface area contributed by atoms with E-state index in [1.54, 1.807) is 6.07 Å². The first-order valence-electron chi connectivity index (χ1n) is 5.31. The van der Waals surface area contributed by atoms with Crippen LogP contribution in [0.15, 0.2) is 22.7 Å². The van der Waals surface area contributed by atoms with Gasteiger partial charge >= 0.3 is 5.97 Å². The minimum absolute atomic E-state index is 0.128. The van der Waals surface area contributed by atoms with Crippen LogP contribution in [0.2, 0.25) is 0 Å². The molecule has 0 amide bonds. The monoisotopic (exact) mass is 318 g/mol. The van der Waals surface area contributed by atoms with Crippen LogP contribution in [0.1, 0.15) is 6.92 Å². The fourth-order valence-electron chi connectivity index (χ4n) is 1.20. The molecule has 0 saturated carbocycles. The topological polar surface area (TPSA) is 54.0 Å². The van der Waals surface area contributed by atoms with Crippen molar-refractivity contribution in [2.45, 2.75) is 6.92 Å². The zero-order valence-electron chi connectivity index (χ0n) is 10.3. The Labute approximate surface area is 114 Å². The molecule has 0 aliphatic carbocycles. The van der Waals surface area contributed by atoms with Gasteiger partial charge in [-0.1, -0.05) is 6.07 Å². The van der Waals surface area contributed by atoms with Crippen molar-refractivity contribution in [1.29, 1.82) is 0 Å². The van der Waals surface area contributed by atoms with Gasteiger partial charge in [0.25, 0.3) is 0 Å². The molecule has 1 aromatic carbocycles. The zero-order chi connectivity index (χ0) is 13.4. The molecule has 100 valence electrons. The molecule has 0 heterocycles. The number of esters is 1. The van der Waals surface area contributed by atoms with Crippen LogP contribution in [0, 0.1) is 0 Å². The van der Waals surface area contributed by atoms with Crippen molar-refractivity contribution in [2.75, 3.05) is 27.1 Å². The molecular weight excluding hydrogens is 304 g/mol. The normalized spacial score (nSPS) is 9.94. The molecule has 1 aromatic rings. The van der Waals surface area contributed by atoms with Crippen molar-refractivity contribution >= 4 is 21.9 Å². The molecule has 0 bridgehead atoms. The Hall–Kier alpha value is -1.27. The number of ether oxygens (including phenoxy) is 4. The molecule has 6 heteroatoms. The first-order chi connectivity index (χ1) is 8.65. The summed E-state index contributed by atoms with van der Waals surface area (Å²) in [6, 6.07) is 5.43. The van der Waals surface area contributed by atoms with E-state index in [-0.39, 0.29) is 26.0 Å². The summed E-state index contributed by atoms with van der Waals surface area (Å²) in [4.78, 5) is 10.6. The maximum Gasteiger partial charge on any atom is 0.302 e. The highest BCUT2D eigenvalue weighted by Crippen LogP contribution is 2.35. The predicted octanol–water partition coefficient (Wildman–Crippen LogP) is 2.37. The predicted molar refractivity (Wildman–Crippen MR) is 68.8 cm³/mol. The van der Waals surface area contributed by atoms with Crippen LogP contribution in [0.3, 0.4) is 0 Å². The number of benzene rings is 1. The number of rotatable bonds is 7. The lowest BCUT2D eigenvalue weighted by Gasteiger charge is -2.13. The maximum absolute atomic E-state index is 10.6. The molecular formula is C12H15BrO5. The smallest absolute Gasteiger partial charge is 0.302 e. The molecule has 0 N–H and O–H groups in total. The van der Waals surface area contributed by atoms with Gasteiger partial charge in [-0.25, -0.2) is 0 Å². The summed E-state index contributed by atoms with van der Waals surface area (Å²) in [5.41, 5.74) is 0. The third-order valence-electron chi connectivity index (χ3n) is 1.90. The maximum atomic E-state index is 10.6. The summed E-state index contributed by atoms with van der Waals surface area (Å²) < 4.78 is 21.3.